The smallest absolute Gasteiger partial charge is 0.305 e. The zero-order valence-corrected chi connectivity index (χ0v) is 15.4. The molecule has 0 radical (unpaired) electrons. The Kier molecular flexibility index (Phi) is 12.2. The summed E-state index contributed by atoms with van der Waals surface area (Å²) in [6.45, 7) is 2.09. The van der Waals surface area contributed by atoms with E-state index in [9.17, 15) is 4.79 Å². The van der Waals surface area contributed by atoms with Gasteiger partial charge in [0.1, 0.15) is 18.3 Å². The summed E-state index contributed by atoms with van der Waals surface area (Å²) in [4.78, 5) is 26.3. The number of ether oxygens (including phenoxy) is 1. The van der Waals surface area contributed by atoms with Crippen LogP contribution in [0.2, 0.25) is 0 Å². The van der Waals surface area contributed by atoms with Crippen LogP contribution in [-0.2, 0) is 24.2 Å². The van der Waals surface area contributed by atoms with E-state index in [1.54, 1.807) is 0 Å². The van der Waals surface area contributed by atoms with Crippen molar-refractivity contribution < 1.29 is 29.5 Å². The first-order chi connectivity index (χ1) is 12.2. The number of allylic oxidation sites excluding steroid dienone is 1. The van der Waals surface area contributed by atoms with Gasteiger partial charge in [0.2, 0.25) is 0 Å². The average Bonchev–Trinajstić information content (AvgIpc) is 2.65. The molecule has 1 rings (SSSR count). The lowest BCUT2D eigenvalue weighted by molar-refractivity contribution is -0.382. The lowest BCUT2D eigenvalue weighted by atomic mass is 10.0. The molecule has 0 saturated carbocycles. The van der Waals surface area contributed by atoms with E-state index in [1.165, 1.54) is 7.11 Å². The van der Waals surface area contributed by atoms with Crippen molar-refractivity contribution in [1.29, 1.82) is 0 Å². The monoisotopic (exact) mass is 356 g/mol. The zero-order chi connectivity index (χ0) is 18.3. The highest BCUT2D eigenvalue weighted by atomic mass is 17.2. The molecule has 3 atom stereocenters. The van der Waals surface area contributed by atoms with Crippen LogP contribution in [-0.4, -0.2) is 36.6 Å². The van der Waals surface area contributed by atoms with Crippen molar-refractivity contribution in [2.75, 3.05) is 7.11 Å². The normalized spacial score (nSPS) is 21.6. The first-order valence-electron chi connectivity index (χ1n) is 9.23. The molecular formula is C19H32O6. The number of esters is 1. The third-order valence-corrected chi connectivity index (χ3v) is 4.18. The standard InChI is InChI=1S/C19H32O6/c1-3-4-8-11-16-14-15-18(25-24-16)17(23-21)12-9-6-5-7-10-13-19(20)22-2/h4,8,14-18,21H,3,5-7,9-13H2,1-2H3/b8-4+. The van der Waals surface area contributed by atoms with Crippen molar-refractivity contribution >= 4 is 5.97 Å². The van der Waals surface area contributed by atoms with E-state index >= 15 is 0 Å². The number of hydrogen-bond donors (Lipinski definition) is 1. The molecule has 1 aliphatic heterocycles. The highest BCUT2D eigenvalue weighted by molar-refractivity contribution is 5.68. The second-order valence-electron chi connectivity index (χ2n) is 6.22. The van der Waals surface area contributed by atoms with Gasteiger partial charge in [0.25, 0.3) is 0 Å². The van der Waals surface area contributed by atoms with Crippen molar-refractivity contribution in [3.05, 3.63) is 24.3 Å². The van der Waals surface area contributed by atoms with E-state index in [0.717, 1.165) is 44.9 Å². The van der Waals surface area contributed by atoms with Gasteiger partial charge in [-0.3, -0.25) is 10.1 Å². The molecule has 0 bridgehead atoms. The summed E-state index contributed by atoms with van der Waals surface area (Å²) >= 11 is 0. The van der Waals surface area contributed by atoms with Gasteiger partial charge in [-0.1, -0.05) is 56.9 Å². The Morgan fingerprint density at radius 2 is 1.92 bits per heavy atom. The van der Waals surface area contributed by atoms with E-state index in [2.05, 4.69) is 28.7 Å². The van der Waals surface area contributed by atoms with Crippen molar-refractivity contribution in [1.82, 2.24) is 0 Å². The zero-order valence-electron chi connectivity index (χ0n) is 15.4. The minimum Gasteiger partial charge on any atom is -0.469 e. The quantitative estimate of drug-likeness (QED) is 0.174. The number of methoxy groups -OCH3 is 1. The molecule has 25 heavy (non-hydrogen) atoms. The maximum Gasteiger partial charge on any atom is 0.305 e. The first kappa shape index (κ1) is 21.8. The Morgan fingerprint density at radius 1 is 1.16 bits per heavy atom. The van der Waals surface area contributed by atoms with Crippen molar-refractivity contribution in [3.63, 3.8) is 0 Å². The minimum absolute atomic E-state index is 0.0896. The number of rotatable bonds is 13. The van der Waals surface area contributed by atoms with Gasteiger partial charge in [-0.15, -0.1) is 0 Å². The maximum absolute atomic E-state index is 11.0. The van der Waals surface area contributed by atoms with Gasteiger partial charge in [0.15, 0.2) is 0 Å². The van der Waals surface area contributed by atoms with Crippen LogP contribution in [0.1, 0.15) is 64.7 Å². The van der Waals surface area contributed by atoms with E-state index < -0.39 is 12.2 Å². The molecule has 0 aromatic heterocycles. The minimum atomic E-state index is -0.432. The Morgan fingerprint density at radius 3 is 2.56 bits per heavy atom. The predicted molar refractivity (Wildman–Crippen MR) is 94.8 cm³/mol. The largest absolute Gasteiger partial charge is 0.469 e. The Balaban J connectivity index is 2.16. The highest BCUT2D eigenvalue weighted by Gasteiger charge is 2.26. The summed E-state index contributed by atoms with van der Waals surface area (Å²) in [6.07, 6.45) is 14.8. The number of carbonyl (C=O) groups excluding carboxylic acids is 1. The van der Waals surface area contributed by atoms with Crippen LogP contribution in [0.5, 0.6) is 0 Å². The molecule has 0 aromatic rings. The van der Waals surface area contributed by atoms with Gasteiger partial charge in [0.05, 0.1) is 7.11 Å². The van der Waals surface area contributed by atoms with Crippen LogP contribution in [0.25, 0.3) is 0 Å². The molecule has 0 spiro atoms. The fraction of sp³-hybridized carbons (Fsp3) is 0.737. The third-order valence-electron chi connectivity index (χ3n) is 4.18. The Hall–Kier alpha value is -1.21. The van der Waals surface area contributed by atoms with Crippen LogP contribution in [0.15, 0.2) is 24.3 Å². The van der Waals surface area contributed by atoms with E-state index in [0.29, 0.717) is 12.8 Å². The Labute approximate surface area is 150 Å². The third kappa shape index (κ3) is 9.75. The molecule has 1 N–H and O–H groups in total. The average molecular weight is 356 g/mol. The fourth-order valence-corrected chi connectivity index (χ4v) is 2.66. The van der Waals surface area contributed by atoms with E-state index in [1.807, 2.05) is 12.2 Å². The fourth-order valence-electron chi connectivity index (χ4n) is 2.66. The van der Waals surface area contributed by atoms with Crippen molar-refractivity contribution in [2.24, 2.45) is 0 Å². The summed E-state index contributed by atoms with van der Waals surface area (Å²) in [5, 5.41) is 9.11. The summed E-state index contributed by atoms with van der Waals surface area (Å²) in [7, 11) is 1.41. The summed E-state index contributed by atoms with van der Waals surface area (Å²) in [5.74, 6) is -0.154. The lowest BCUT2D eigenvalue weighted by Gasteiger charge is -2.26. The second kappa shape index (κ2) is 14.0. The summed E-state index contributed by atoms with van der Waals surface area (Å²) in [6, 6.07) is 0. The molecule has 0 aromatic carbocycles. The molecule has 1 heterocycles. The number of carbonyl (C=O) groups is 1. The maximum atomic E-state index is 11.0. The Bertz CT molecular complexity index is 407. The van der Waals surface area contributed by atoms with E-state index in [4.69, 9.17) is 15.0 Å². The molecule has 0 saturated heterocycles. The van der Waals surface area contributed by atoms with Crippen molar-refractivity contribution in [3.8, 4) is 0 Å². The second-order valence-corrected chi connectivity index (χ2v) is 6.22. The van der Waals surface area contributed by atoms with Crippen LogP contribution in [0.4, 0.5) is 0 Å². The molecule has 6 nitrogen and oxygen atoms in total. The molecule has 6 heteroatoms. The highest BCUT2D eigenvalue weighted by Crippen LogP contribution is 2.20. The summed E-state index contributed by atoms with van der Waals surface area (Å²) < 4.78 is 4.61. The van der Waals surface area contributed by atoms with Crippen LogP contribution >= 0.6 is 0 Å². The van der Waals surface area contributed by atoms with E-state index in [-0.39, 0.29) is 12.1 Å². The number of unbranched alkanes of at least 4 members (excludes halogenated alkanes) is 4. The van der Waals surface area contributed by atoms with Gasteiger partial charge in [0, 0.05) is 6.42 Å². The molecule has 1 aliphatic rings. The molecule has 0 fully saturated rings. The molecule has 3 unspecified atom stereocenters. The number of hydrogen-bond acceptors (Lipinski definition) is 6. The van der Waals surface area contributed by atoms with Gasteiger partial charge in [-0.25, -0.2) is 14.7 Å². The SMILES string of the molecule is CC/C=C/CC1C=CC(C(CCCCCCCC(=O)OC)OO)OO1. The predicted octanol–water partition coefficient (Wildman–Crippen LogP) is 4.36. The molecule has 144 valence electrons. The van der Waals surface area contributed by atoms with Gasteiger partial charge in [-0.2, -0.15) is 0 Å². The van der Waals surface area contributed by atoms with Gasteiger partial charge >= 0.3 is 5.97 Å². The van der Waals surface area contributed by atoms with Crippen LogP contribution < -0.4 is 0 Å². The van der Waals surface area contributed by atoms with Crippen molar-refractivity contribution in [2.45, 2.75) is 83.0 Å². The van der Waals surface area contributed by atoms with Crippen LogP contribution in [0, 0.1) is 0 Å². The first-order valence-corrected chi connectivity index (χ1v) is 9.23. The molecule has 0 aliphatic carbocycles. The molecular weight excluding hydrogens is 324 g/mol. The van der Waals surface area contributed by atoms with Crippen LogP contribution in [0.3, 0.4) is 0 Å². The van der Waals surface area contributed by atoms with Gasteiger partial charge < -0.3 is 4.74 Å². The molecule has 0 amide bonds. The lowest BCUT2D eigenvalue weighted by Crippen LogP contribution is -2.33. The topological polar surface area (TPSA) is 74.2 Å². The van der Waals surface area contributed by atoms with Gasteiger partial charge in [-0.05, 0) is 25.7 Å². The summed E-state index contributed by atoms with van der Waals surface area (Å²) in [5.41, 5.74) is 0.